The van der Waals surface area contributed by atoms with Gasteiger partial charge in [-0.15, -0.1) is 0 Å². The molecule has 0 saturated heterocycles. The van der Waals surface area contributed by atoms with Crippen molar-refractivity contribution in [1.29, 1.82) is 0 Å². The lowest BCUT2D eigenvalue weighted by atomic mass is 10.1. The highest BCUT2D eigenvalue weighted by Gasteiger charge is 2.20. The summed E-state index contributed by atoms with van der Waals surface area (Å²) in [7, 11) is 0. The molecule has 1 aliphatic carbocycles. The molecule has 25 heavy (non-hydrogen) atoms. The highest BCUT2D eigenvalue weighted by atomic mass is 79.9. The molecule has 1 aromatic heterocycles. The lowest BCUT2D eigenvalue weighted by Crippen LogP contribution is -2.32. The Morgan fingerprint density at radius 2 is 1.68 bits per heavy atom. The van der Waals surface area contributed by atoms with Gasteiger partial charge in [0.05, 0.1) is 10.0 Å². The molecule has 6 heteroatoms. The monoisotopic (exact) mass is 404 g/mol. The summed E-state index contributed by atoms with van der Waals surface area (Å²) >= 11 is 3.38. The number of amides is 2. The molecule has 0 bridgehead atoms. The normalized spacial score (nSPS) is 14.5. The number of furan rings is 1. The van der Waals surface area contributed by atoms with Gasteiger partial charge in [0.2, 0.25) is 0 Å². The molecule has 0 aliphatic heterocycles. The van der Waals surface area contributed by atoms with Gasteiger partial charge < -0.3 is 15.1 Å². The van der Waals surface area contributed by atoms with Crippen LogP contribution >= 0.6 is 15.9 Å². The Morgan fingerprint density at radius 3 is 2.24 bits per heavy atom. The molecule has 132 valence electrons. The van der Waals surface area contributed by atoms with Crippen LogP contribution in [0.25, 0.3) is 0 Å². The minimum atomic E-state index is -0.246. The number of aryl methyl sites for hydroxylation is 2. The molecule has 1 saturated carbocycles. The average molecular weight is 405 g/mol. The van der Waals surface area contributed by atoms with Crippen molar-refractivity contribution in [3.63, 3.8) is 0 Å². The zero-order valence-electron chi connectivity index (χ0n) is 14.3. The Bertz CT molecular complexity index is 790. The van der Waals surface area contributed by atoms with Crippen molar-refractivity contribution in [3.05, 3.63) is 51.4 Å². The number of halogens is 1. The predicted octanol–water partition coefficient (Wildman–Crippen LogP) is 4.58. The molecule has 2 amide bonds. The molecule has 5 nitrogen and oxygen atoms in total. The molecule has 0 atom stereocenters. The second-order valence-corrected chi connectivity index (χ2v) is 7.18. The van der Waals surface area contributed by atoms with Crippen molar-refractivity contribution in [2.45, 2.75) is 45.6 Å². The fraction of sp³-hybridized carbons (Fsp3) is 0.368. The maximum atomic E-state index is 12.4. The van der Waals surface area contributed by atoms with Gasteiger partial charge in [-0.3, -0.25) is 9.59 Å². The van der Waals surface area contributed by atoms with E-state index in [0.717, 1.165) is 12.8 Å². The highest BCUT2D eigenvalue weighted by molar-refractivity contribution is 9.10. The van der Waals surface area contributed by atoms with E-state index in [2.05, 4.69) is 26.6 Å². The van der Waals surface area contributed by atoms with Crippen molar-refractivity contribution in [2.75, 3.05) is 5.32 Å². The van der Waals surface area contributed by atoms with Gasteiger partial charge in [-0.05, 0) is 66.9 Å². The zero-order valence-corrected chi connectivity index (χ0v) is 15.9. The van der Waals surface area contributed by atoms with Crippen molar-refractivity contribution >= 4 is 33.4 Å². The number of nitrogens with one attached hydrogen (secondary N) is 2. The van der Waals surface area contributed by atoms with Crippen LogP contribution in [-0.4, -0.2) is 17.9 Å². The molecule has 1 fully saturated rings. The SMILES string of the molecule is Cc1oc(C)c(C(=O)Nc2ccc(C(=O)NC3CCCC3)cc2)c1Br. The van der Waals surface area contributed by atoms with E-state index in [0.29, 0.717) is 32.8 Å². The number of hydrogen-bond acceptors (Lipinski definition) is 3. The lowest BCUT2D eigenvalue weighted by Gasteiger charge is -2.12. The summed E-state index contributed by atoms with van der Waals surface area (Å²) in [4.78, 5) is 24.7. The van der Waals surface area contributed by atoms with E-state index in [9.17, 15) is 9.59 Å². The molecular weight excluding hydrogens is 384 g/mol. The first kappa shape index (κ1) is 17.7. The molecule has 0 radical (unpaired) electrons. The summed E-state index contributed by atoms with van der Waals surface area (Å²) in [5, 5.41) is 5.89. The topological polar surface area (TPSA) is 71.3 Å². The van der Waals surface area contributed by atoms with Crippen LogP contribution in [0, 0.1) is 13.8 Å². The van der Waals surface area contributed by atoms with Crippen molar-refractivity contribution < 1.29 is 14.0 Å². The highest BCUT2D eigenvalue weighted by Crippen LogP contribution is 2.28. The molecule has 0 unspecified atom stereocenters. The summed E-state index contributed by atoms with van der Waals surface area (Å²) in [6.45, 7) is 3.55. The van der Waals surface area contributed by atoms with E-state index in [1.807, 2.05) is 0 Å². The van der Waals surface area contributed by atoms with Gasteiger partial charge in [0.25, 0.3) is 11.8 Å². The van der Waals surface area contributed by atoms with E-state index in [1.165, 1.54) is 12.8 Å². The Hall–Kier alpha value is -2.08. The summed E-state index contributed by atoms with van der Waals surface area (Å²) in [6.07, 6.45) is 4.47. The van der Waals surface area contributed by atoms with E-state index in [-0.39, 0.29) is 17.9 Å². The Balaban J connectivity index is 1.66. The molecule has 1 aromatic carbocycles. The van der Waals surface area contributed by atoms with Gasteiger partial charge >= 0.3 is 0 Å². The fourth-order valence-electron chi connectivity index (χ4n) is 3.15. The third kappa shape index (κ3) is 3.95. The molecular formula is C19H21BrN2O3. The average Bonchev–Trinajstić information content (AvgIpc) is 3.16. The number of carbonyl (C=O) groups excluding carboxylic acids is 2. The van der Waals surface area contributed by atoms with Crippen LogP contribution in [0.5, 0.6) is 0 Å². The third-order valence-electron chi connectivity index (χ3n) is 4.51. The van der Waals surface area contributed by atoms with Crippen LogP contribution in [0.3, 0.4) is 0 Å². The minimum Gasteiger partial charge on any atom is -0.465 e. The van der Waals surface area contributed by atoms with Crippen LogP contribution < -0.4 is 10.6 Å². The van der Waals surface area contributed by atoms with E-state index in [1.54, 1.807) is 38.1 Å². The van der Waals surface area contributed by atoms with Gasteiger partial charge in [-0.2, -0.15) is 0 Å². The molecule has 2 aromatic rings. The van der Waals surface area contributed by atoms with Crippen molar-refractivity contribution in [2.24, 2.45) is 0 Å². The first-order valence-electron chi connectivity index (χ1n) is 8.43. The summed E-state index contributed by atoms with van der Waals surface area (Å²) in [5.41, 5.74) is 1.72. The molecule has 2 N–H and O–H groups in total. The van der Waals surface area contributed by atoms with Crippen molar-refractivity contribution in [3.8, 4) is 0 Å². The molecule has 0 spiro atoms. The van der Waals surface area contributed by atoms with Gasteiger partial charge in [0, 0.05) is 17.3 Å². The van der Waals surface area contributed by atoms with Crippen LogP contribution in [-0.2, 0) is 0 Å². The van der Waals surface area contributed by atoms with E-state index >= 15 is 0 Å². The van der Waals surface area contributed by atoms with Gasteiger partial charge in [-0.25, -0.2) is 0 Å². The van der Waals surface area contributed by atoms with Crippen molar-refractivity contribution in [1.82, 2.24) is 5.32 Å². The number of anilines is 1. The standard InChI is InChI=1S/C19H21BrN2O3/c1-11-16(17(20)12(2)25-11)19(24)22-15-9-7-13(8-10-15)18(23)21-14-5-3-4-6-14/h7-10,14H,3-6H2,1-2H3,(H,21,23)(H,22,24). The fourth-order valence-corrected chi connectivity index (χ4v) is 3.69. The number of hydrogen-bond donors (Lipinski definition) is 2. The maximum absolute atomic E-state index is 12.4. The second-order valence-electron chi connectivity index (χ2n) is 6.39. The lowest BCUT2D eigenvalue weighted by molar-refractivity contribution is 0.0937. The van der Waals surface area contributed by atoms with E-state index < -0.39 is 0 Å². The van der Waals surface area contributed by atoms with Crippen LogP contribution in [0.1, 0.15) is 57.9 Å². The first-order chi connectivity index (χ1) is 12.0. The number of benzene rings is 1. The maximum Gasteiger partial charge on any atom is 0.260 e. The Kier molecular flexibility index (Phi) is 5.27. The summed E-state index contributed by atoms with van der Waals surface area (Å²) in [5.74, 6) is 0.925. The van der Waals surface area contributed by atoms with Crippen LogP contribution in [0.15, 0.2) is 33.2 Å². The van der Waals surface area contributed by atoms with Gasteiger partial charge in [-0.1, -0.05) is 12.8 Å². The molecule has 1 heterocycles. The Labute approximate surface area is 155 Å². The second kappa shape index (κ2) is 7.44. The smallest absolute Gasteiger partial charge is 0.260 e. The number of carbonyl (C=O) groups is 2. The van der Waals surface area contributed by atoms with Crippen LogP contribution in [0.4, 0.5) is 5.69 Å². The quantitative estimate of drug-likeness (QED) is 0.782. The summed E-state index contributed by atoms with van der Waals surface area (Å²) in [6, 6.07) is 7.21. The van der Waals surface area contributed by atoms with Crippen LogP contribution in [0.2, 0.25) is 0 Å². The summed E-state index contributed by atoms with van der Waals surface area (Å²) < 4.78 is 6.12. The largest absolute Gasteiger partial charge is 0.465 e. The number of rotatable bonds is 4. The predicted molar refractivity (Wildman–Crippen MR) is 100.0 cm³/mol. The van der Waals surface area contributed by atoms with E-state index in [4.69, 9.17) is 4.42 Å². The third-order valence-corrected chi connectivity index (χ3v) is 5.46. The zero-order chi connectivity index (χ0) is 18.0. The van der Waals surface area contributed by atoms with Gasteiger partial charge in [0.15, 0.2) is 0 Å². The Morgan fingerprint density at radius 1 is 1.04 bits per heavy atom. The molecule has 1 aliphatic rings. The van der Waals surface area contributed by atoms with Gasteiger partial charge in [0.1, 0.15) is 11.5 Å². The first-order valence-corrected chi connectivity index (χ1v) is 9.23. The minimum absolute atomic E-state index is 0.0613. The molecule has 3 rings (SSSR count).